The second-order valence-electron chi connectivity index (χ2n) is 4.63. The second kappa shape index (κ2) is 7.61. The Morgan fingerprint density at radius 2 is 1.96 bits per heavy atom. The lowest BCUT2D eigenvalue weighted by Crippen LogP contribution is -2.19. The van der Waals surface area contributed by atoms with Gasteiger partial charge in [-0.1, -0.05) is 12.1 Å². The Hall–Kier alpha value is -3.33. The molecule has 2 aromatic rings. The van der Waals surface area contributed by atoms with Gasteiger partial charge in [-0.2, -0.15) is 10.4 Å². The van der Waals surface area contributed by atoms with Crippen molar-refractivity contribution in [3.63, 3.8) is 0 Å². The molecular formula is C17H15N3O3. The van der Waals surface area contributed by atoms with E-state index in [0.717, 1.165) is 5.56 Å². The maximum atomic E-state index is 11.9. The number of aromatic hydroxyl groups is 1. The number of phenols is 1. The number of ether oxygens (including phenoxy) is 1. The smallest absolute Gasteiger partial charge is 0.275 e. The van der Waals surface area contributed by atoms with Gasteiger partial charge in [0, 0.05) is 0 Å². The van der Waals surface area contributed by atoms with Crippen LogP contribution in [0, 0.1) is 11.3 Å². The molecule has 0 aliphatic heterocycles. The van der Waals surface area contributed by atoms with Crippen molar-refractivity contribution in [2.45, 2.75) is 6.92 Å². The van der Waals surface area contributed by atoms with Crippen LogP contribution in [0.5, 0.6) is 11.5 Å². The standard InChI is InChI=1S/C17H15N3O3/c1-12(13-6-8-14(9-7-13)23-11-10-18)19-20-17(22)15-4-2-3-5-16(15)21/h2-9,21H,11H2,1H3,(H,20,22)/b19-12-. The highest BCUT2D eigenvalue weighted by Gasteiger charge is 2.09. The number of phenolic OH excluding ortho intramolecular Hbond substituents is 1. The number of nitrogens with zero attached hydrogens (tertiary/aromatic N) is 2. The van der Waals surface area contributed by atoms with Crippen molar-refractivity contribution in [2.75, 3.05) is 6.61 Å². The molecule has 0 saturated heterocycles. The van der Waals surface area contributed by atoms with Crippen molar-refractivity contribution >= 4 is 11.6 Å². The highest BCUT2D eigenvalue weighted by molar-refractivity contribution is 6.01. The van der Waals surface area contributed by atoms with Crippen LogP contribution in [0.3, 0.4) is 0 Å². The third kappa shape index (κ3) is 4.32. The molecule has 2 aromatic carbocycles. The summed E-state index contributed by atoms with van der Waals surface area (Å²) in [6, 6.07) is 15.1. The minimum Gasteiger partial charge on any atom is -0.507 e. The van der Waals surface area contributed by atoms with Crippen LogP contribution in [0.25, 0.3) is 0 Å². The van der Waals surface area contributed by atoms with Gasteiger partial charge in [-0.3, -0.25) is 4.79 Å². The molecule has 0 atom stereocenters. The maximum Gasteiger partial charge on any atom is 0.275 e. The maximum absolute atomic E-state index is 11.9. The van der Waals surface area contributed by atoms with Crippen LogP contribution in [0.4, 0.5) is 0 Å². The summed E-state index contributed by atoms with van der Waals surface area (Å²) in [6.45, 7) is 1.74. The molecule has 0 saturated carbocycles. The summed E-state index contributed by atoms with van der Waals surface area (Å²) in [5, 5.41) is 22.1. The third-order valence-corrected chi connectivity index (χ3v) is 3.05. The fourth-order valence-corrected chi connectivity index (χ4v) is 1.83. The molecule has 6 heteroatoms. The summed E-state index contributed by atoms with van der Waals surface area (Å²) in [5.74, 6) is -0.00499. The molecular weight excluding hydrogens is 294 g/mol. The number of carbonyl (C=O) groups excluding carboxylic acids is 1. The SMILES string of the molecule is C/C(=N/NC(=O)c1ccccc1O)c1ccc(OCC#N)cc1. The Bertz CT molecular complexity index is 761. The summed E-state index contributed by atoms with van der Waals surface area (Å²) < 4.78 is 5.16. The van der Waals surface area contributed by atoms with Crippen molar-refractivity contribution < 1.29 is 14.6 Å². The Labute approximate surface area is 133 Å². The molecule has 116 valence electrons. The van der Waals surface area contributed by atoms with Gasteiger partial charge in [0.05, 0.1) is 11.3 Å². The second-order valence-corrected chi connectivity index (χ2v) is 4.63. The monoisotopic (exact) mass is 309 g/mol. The van der Waals surface area contributed by atoms with Gasteiger partial charge in [-0.05, 0) is 48.9 Å². The highest BCUT2D eigenvalue weighted by atomic mass is 16.5. The lowest BCUT2D eigenvalue weighted by molar-refractivity contribution is 0.0952. The van der Waals surface area contributed by atoms with E-state index in [0.29, 0.717) is 11.5 Å². The van der Waals surface area contributed by atoms with Crippen molar-refractivity contribution in [1.82, 2.24) is 5.43 Å². The van der Waals surface area contributed by atoms with E-state index in [2.05, 4.69) is 10.5 Å². The van der Waals surface area contributed by atoms with Crippen LogP contribution >= 0.6 is 0 Å². The topological polar surface area (TPSA) is 94.7 Å². The predicted octanol–water partition coefficient (Wildman–Crippen LogP) is 2.45. The Kier molecular flexibility index (Phi) is 5.31. The number of nitriles is 1. The molecule has 2 rings (SSSR count). The molecule has 6 nitrogen and oxygen atoms in total. The van der Waals surface area contributed by atoms with Gasteiger partial charge in [-0.15, -0.1) is 0 Å². The third-order valence-electron chi connectivity index (χ3n) is 3.05. The van der Waals surface area contributed by atoms with Gasteiger partial charge < -0.3 is 9.84 Å². The molecule has 0 aliphatic carbocycles. The van der Waals surface area contributed by atoms with Crippen LogP contribution in [-0.2, 0) is 0 Å². The van der Waals surface area contributed by atoms with Crippen LogP contribution < -0.4 is 10.2 Å². The highest BCUT2D eigenvalue weighted by Crippen LogP contribution is 2.15. The zero-order chi connectivity index (χ0) is 16.7. The number of hydrazone groups is 1. The fraction of sp³-hybridized carbons (Fsp3) is 0.118. The van der Waals surface area contributed by atoms with Gasteiger partial charge in [0.2, 0.25) is 0 Å². The van der Waals surface area contributed by atoms with E-state index >= 15 is 0 Å². The van der Waals surface area contributed by atoms with Crippen LogP contribution in [0.1, 0.15) is 22.8 Å². The molecule has 2 N–H and O–H groups in total. The molecule has 0 bridgehead atoms. The predicted molar refractivity (Wildman–Crippen MR) is 85.3 cm³/mol. The molecule has 0 radical (unpaired) electrons. The van der Waals surface area contributed by atoms with Gasteiger partial charge >= 0.3 is 0 Å². The summed E-state index contributed by atoms with van der Waals surface area (Å²) in [7, 11) is 0. The van der Waals surface area contributed by atoms with Crippen LogP contribution in [0.2, 0.25) is 0 Å². The van der Waals surface area contributed by atoms with Crippen LogP contribution in [-0.4, -0.2) is 23.3 Å². The van der Waals surface area contributed by atoms with Crippen molar-refractivity contribution in [1.29, 1.82) is 5.26 Å². The molecule has 0 unspecified atom stereocenters. The lowest BCUT2D eigenvalue weighted by Gasteiger charge is -2.06. The quantitative estimate of drug-likeness (QED) is 0.655. The minimum absolute atomic E-state index is 0.0109. The normalized spacial score (nSPS) is 10.7. The number of nitrogens with one attached hydrogen (secondary N) is 1. The Morgan fingerprint density at radius 1 is 1.26 bits per heavy atom. The van der Waals surface area contributed by atoms with E-state index in [1.165, 1.54) is 12.1 Å². The summed E-state index contributed by atoms with van der Waals surface area (Å²) in [4.78, 5) is 11.9. The lowest BCUT2D eigenvalue weighted by atomic mass is 10.1. The molecule has 0 fully saturated rings. The minimum atomic E-state index is -0.489. The van der Waals surface area contributed by atoms with Crippen molar-refractivity contribution in [2.24, 2.45) is 5.10 Å². The van der Waals surface area contributed by atoms with E-state index in [9.17, 15) is 9.90 Å². The van der Waals surface area contributed by atoms with E-state index in [1.54, 1.807) is 43.3 Å². The number of carbonyl (C=O) groups is 1. The molecule has 0 aromatic heterocycles. The average Bonchev–Trinajstić information content (AvgIpc) is 2.58. The molecule has 0 aliphatic rings. The first-order valence-corrected chi connectivity index (χ1v) is 6.84. The van der Waals surface area contributed by atoms with E-state index in [-0.39, 0.29) is 17.9 Å². The molecule has 0 spiro atoms. The fourth-order valence-electron chi connectivity index (χ4n) is 1.83. The van der Waals surface area contributed by atoms with Crippen molar-refractivity contribution in [3.8, 4) is 17.6 Å². The van der Waals surface area contributed by atoms with E-state index in [1.807, 2.05) is 6.07 Å². The molecule has 1 amide bonds. The summed E-state index contributed by atoms with van der Waals surface area (Å²) in [5.41, 5.74) is 3.95. The molecule has 23 heavy (non-hydrogen) atoms. The largest absolute Gasteiger partial charge is 0.507 e. The molecule has 0 heterocycles. The number of para-hydroxylation sites is 1. The van der Waals surface area contributed by atoms with E-state index < -0.39 is 5.91 Å². The van der Waals surface area contributed by atoms with Crippen molar-refractivity contribution in [3.05, 3.63) is 59.7 Å². The first-order valence-electron chi connectivity index (χ1n) is 6.84. The number of rotatable bonds is 5. The van der Waals surface area contributed by atoms with E-state index in [4.69, 9.17) is 10.00 Å². The average molecular weight is 309 g/mol. The van der Waals surface area contributed by atoms with Crippen LogP contribution in [0.15, 0.2) is 53.6 Å². The first kappa shape index (κ1) is 16.0. The number of amides is 1. The van der Waals surface area contributed by atoms with Gasteiger partial charge in [0.1, 0.15) is 17.6 Å². The number of benzene rings is 2. The number of hydrogen-bond donors (Lipinski definition) is 2. The zero-order valence-electron chi connectivity index (χ0n) is 12.5. The Balaban J connectivity index is 2.04. The first-order chi connectivity index (χ1) is 11.1. The number of hydrogen-bond acceptors (Lipinski definition) is 5. The van der Waals surface area contributed by atoms with Gasteiger partial charge in [0.15, 0.2) is 6.61 Å². The van der Waals surface area contributed by atoms with Gasteiger partial charge in [0.25, 0.3) is 5.91 Å². The zero-order valence-corrected chi connectivity index (χ0v) is 12.5. The van der Waals surface area contributed by atoms with Gasteiger partial charge in [-0.25, -0.2) is 5.43 Å². The summed E-state index contributed by atoms with van der Waals surface area (Å²) in [6.07, 6.45) is 0. The Morgan fingerprint density at radius 3 is 2.61 bits per heavy atom. The summed E-state index contributed by atoms with van der Waals surface area (Å²) >= 11 is 0.